The van der Waals surface area contributed by atoms with Gasteiger partial charge in [0.25, 0.3) is 0 Å². The zero-order valence-corrected chi connectivity index (χ0v) is 14.7. The summed E-state index contributed by atoms with van der Waals surface area (Å²) in [4.78, 5) is 12.9. The number of amides is 1. The lowest BCUT2D eigenvalue weighted by atomic mass is 10.2. The van der Waals surface area contributed by atoms with Crippen molar-refractivity contribution in [2.24, 2.45) is 0 Å². The molecule has 1 aromatic carbocycles. The van der Waals surface area contributed by atoms with Gasteiger partial charge in [-0.15, -0.1) is 6.58 Å². The Balaban J connectivity index is 2.06. The van der Waals surface area contributed by atoms with Crippen LogP contribution in [0.25, 0.3) is 0 Å². The molecule has 0 saturated carbocycles. The van der Waals surface area contributed by atoms with Crippen molar-refractivity contribution in [3.05, 3.63) is 42.5 Å². The van der Waals surface area contributed by atoms with Gasteiger partial charge in [-0.3, -0.25) is 9.69 Å². The van der Waals surface area contributed by atoms with E-state index >= 15 is 0 Å². The van der Waals surface area contributed by atoms with Crippen LogP contribution in [0.4, 0.5) is 8.78 Å². The Kier molecular flexibility index (Phi) is 6.26. The highest BCUT2D eigenvalue weighted by atomic mass is 32.2. The SMILES string of the molecule is C=CCNC(=O)[C@H](C)N1CCN(S(=O)(=O)c2c(F)cccc2F)CC1. The summed E-state index contributed by atoms with van der Waals surface area (Å²) in [7, 11) is -4.26. The summed E-state index contributed by atoms with van der Waals surface area (Å²) < 4.78 is 53.7. The van der Waals surface area contributed by atoms with E-state index in [2.05, 4.69) is 11.9 Å². The number of piperazine rings is 1. The molecule has 138 valence electrons. The van der Waals surface area contributed by atoms with Crippen LogP contribution in [0.2, 0.25) is 0 Å². The molecule has 9 heteroatoms. The Hall–Kier alpha value is -1.84. The average Bonchev–Trinajstić information content (AvgIpc) is 2.58. The molecule has 1 aliphatic rings. The number of carbonyl (C=O) groups excluding carboxylic acids is 1. The van der Waals surface area contributed by atoms with E-state index < -0.39 is 32.6 Å². The molecular weight excluding hydrogens is 352 g/mol. The number of sulfonamides is 1. The van der Waals surface area contributed by atoms with Crippen LogP contribution in [-0.2, 0) is 14.8 Å². The Morgan fingerprint density at radius 1 is 1.28 bits per heavy atom. The van der Waals surface area contributed by atoms with Crippen molar-refractivity contribution in [2.45, 2.75) is 17.9 Å². The molecule has 0 spiro atoms. The van der Waals surface area contributed by atoms with Gasteiger partial charge in [-0.25, -0.2) is 17.2 Å². The zero-order chi connectivity index (χ0) is 18.6. The fourth-order valence-corrected chi connectivity index (χ4v) is 4.21. The largest absolute Gasteiger partial charge is 0.351 e. The maximum atomic E-state index is 13.8. The summed E-state index contributed by atoms with van der Waals surface area (Å²) in [6.07, 6.45) is 1.57. The minimum Gasteiger partial charge on any atom is -0.351 e. The lowest BCUT2D eigenvalue weighted by molar-refractivity contribution is -0.126. The van der Waals surface area contributed by atoms with Crippen LogP contribution in [0.1, 0.15) is 6.92 Å². The number of hydrogen-bond donors (Lipinski definition) is 1. The second-order valence-electron chi connectivity index (χ2n) is 5.70. The highest BCUT2D eigenvalue weighted by Gasteiger charge is 2.34. The topological polar surface area (TPSA) is 69.7 Å². The van der Waals surface area contributed by atoms with E-state index in [1.165, 1.54) is 0 Å². The normalized spacial score (nSPS) is 17.9. The lowest BCUT2D eigenvalue weighted by Crippen LogP contribution is -2.55. The van der Waals surface area contributed by atoms with Crippen molar-refractivity contribution in [3.8, 4) is 0 Å². The predicted octanol–water partition coefficient (Wildman–Crippen LogP) is 0.962. The summed E-state index contributed by atoms with van der Waals surface area (Å²) in [5.74, 6) is -2.41. The third kappa shape index (κ3) is 4.23. The number of nitrogens with one attached hydrogen (secondary N) is 1. The van der Waals surface area contributed by atoms with Gasteiger partial charge in [0, 0.05) is 32.7 Å². The molecular formula is C16H21F2N3O3S. The highest BCUT2D eigenvalue weighted by Crippen LogP contribution is 2.23. The molecule has 1 aromatic rings. The van der Waals surface area contributed by atoms with E-state index in [-0.39, 0.29) is 32.1 Å². The molecule has 1 amide bonds. The summed E-state index contributed by atoms with van der Waals surface area (Å²) in [5.41, 5.74) is 0. The van der Waals surface area contributed by atoms with Crippen molar-refractivity contribution in [2.75, 3.05) is 32.7 Å². The number of carbonyl (C=O) groups is 1. The summed E-state index contributed by atoms with van der Waals surface area (Å²) in [6.45, 7) is 6.27. The average molecular weight is 373 g/mol. The fourth-order valence-electron chi connectivity index (χ4n) is 2.68. The molecule has 0 radical (unpaired) electrons. The number of benzene rings is 1. The molecule has 2 rings (SSSR count). The van der Waals surface area contributed by atoms with Gasteiger partial charge in [-0.1, -0.05) is 12.1 Å². The molecule has 0 bridgehead atoms. The maximum Gasteiger partial charge on any atom is 0.249 e. The number of rotatable bonds is 6. The van der Waals surface area contributed by atoms with Gasteiger partial charge in [0.1, 0.15) is 11.6 Å². The number of halogens is 2. The van der Waals surface area contributed by atoms with Gasteiger partial charge in [0.05, 0.1) is 6.04 Å². The highest BCUT2D eigenvalue weighted by molar-refractivity contribution is 7.89. The molecule has 1 fully saturated rings. The van der Waals surface area contributed by atoms with E-state index in [9.17, 15) is 22.0 Å². The molecule has 1 heterocycles. The van der Waals surface area contributed by atoms with E-state index in [1.54, 1.807) is 13.0 Å². The monoisotopic (exact) mass is 373 g/mol. The summed E-state index contributed by atoms with van der Waals surface area (Å²) in [5, 5.41) is 2.68. The smallest absolute Gasteiger partial charge is 0.249 e. The van der Waals surface area contributed by atoms with Gasteiger partial charge in [-0.2, -0.15) is 4.31 Å². The minimum absolute atomic E-state index is 0.0508. The number of nitrogens with zero attached hydrogens (tertiary/aromatic N) is 2. The van der Waals surface area contributed by atoms with Gasteiger partial charge < -0.3 is 5.32 Å². The van der Waals surface area contributed by atoms with E-state index in [0.29, 0.717) is 6.54 Å². The molecule has 1 N–H and O–H groups in total. The third-order valence-corrected chi connectivity index (χ3v) is 6.09. The molecule has 1 aliphatic heterocycles. The third-order valence-electron chi connectivity index (χ3n) is 4.14. The lowest BCUT2D eigenvalue weighted by Gasteiger charge is -2.36. The van der Waals surface area contributed by atoms with Crippen LogP contribution in [0.15, 0.2) is 35.7 Å². The van der Waals surface area contributed by atoms with Gasteiger partial charge in [0.15, 0.2) is 4.90 Å². The first-order chi connectivity index (χ1) is 11.8. The van der Waals surface area contributed by atoms with Crippen LogP contribution in [0.3, 0.4) is 0 Å². The Morgan fingerprint density at radius 2 is 1.84 bits per heavy atom. The molecule has 0 aromatic heterocycles. The number of hydrogen-bond acceptors (Lipinski definition) is 4. The van der Waals surface area contributed by atoms with Gasteiger partial charge in [-0.05, 0) is 19.1 Å². The molecule has 6 nitrogen and oxygen atoms in total. The Morgan fingerprint density at radius 3 is 2.36 bits per heavy atom. The summed E-state index contributed by atoms with van der Waals surface area (Å²) >= 11 is 0. The van der Waals surface area contributed by atoms with Crippen molar-refractivity contribution in [1.82, 2.24) is 14.5 Å². The zero-order valence-electron chi connectivity index (χ0n) is 13.9. The van der Waals surface area contributed by atoms with E-state index in [1.807, 2.05) is 4.90 Å². The van der Waals surface area contributed by atoms with Crippen LogP contribution in [0.5, 0.6) is 0 Å². The Labute approximate surface area is 146 Å². The minimum atomic E-state index is -4.26. The van der Waals surface area contributed by atoms with Gasteiger partial charge >= 0.3 is 0 Å². The van der Waals surface area contributed by atoms with E-state index in [4.69, 9.17) is 0 Å². The first-order valence-electron chi connectivity index (χ1n) is 7.86. The predicted molar refractivity (Wildman–Crippen MR) is 89.4 cm³/mol. The van der Waals surface area contributed by atoms with Crippen molar-refractivity contribution >= 4 is 15.9 Å². The van der Waals surface area contributed by atoms with Crippen molar-refractivity contribution in [3.63, 3.8) is 0 Å². The fraction of sp³-hybridized carbons (Fsp3) is 0.438. The van der Waals surface area contributed by atoms with Crippen molar-refractivity contribution < 1.29 is 22.0 Å². The molecule has 0 aliphatic carbocycles. The van der Waals surface area contributed by atoms with Crippen molar-refractivity contribution in [1.29, 1.82) is 0 Å². The van der Waals surface area contributed by atoms with E-state index in [0.717, 1.165) is 22.5 Å². The quantitative estimate of drug-likeness (QED) is 0.755. The molecule has 25 heavy (non-hydrogen) atoms. The first kappa shape index (κ1) is 19.5. The van der Waals surface area contributed by atoms with Crippen LogP contribution in [-0.4, -0.2) is 62.3 Å². The first-order valence-corrected chi connectivity index (χ1v) is 9.30. The Bertz CT molecular complexity index is 727. The van der Waals surface area contributed by atoms with Crippen LogP contribution < -0.4 is 5.32 Å². The van der Waals surface area contributed by atoms with Gasteiger partial charge in [0.2, 0.25) is 15.9 Å². The summed E-state index contributed by atoms with van der Waals surface area (Å²) in [6, 6.07) is 2.51. The molecule has 1 saturated heterocycles. The second kappa shape index (κ2) is 8.03. The van der Waals surface area contributed by atoms with Crippen LogP contribution in [0, 0.1) is 11.6 Å². The second-order valence-corrected chi connectivity index (χ2v) is 7.58. The maximum absolute atomic E-state index is 13.8. The van der Waals surface area contributed by atoms with Crippen LogP contribution >= 0.6 is 0 Å². The standard InChI is InChI=1S/C16H21F2N3O3S/c1-3-7-19-16(22)12(2)20-8-10-21(11-9-20)25(23,24)15-13(17)5-4-6-14(15)18/h3-6,12H,1,7-11H2,2H3,(H,19,22)/t12-/m0/s1. The molecule has 1 atom stereocenters. The molecule has 0 unspecified atom stereocenters.